The van der Waals surface area contributed by atoms with E-state index >= 15 is 0 Å². The van der Waals surface area contributed by atoms with Gasteiger partial charge < -0.3 is 14.6 Å². The van der Waals surface area contributed by atoms with Crippen LogP contribution in [0, 0.1) is 0 Å². The molecule has 0 rings (SSSR count). The van der Waals surface area contributed by atoms with Crippen LogP contribution >= 0.6 is 0 Å². The maximum atomic E-state index is 11.9. The van der Waals surface area contributed by atoms with Crippen molar-refractivity contribution in [3.8, 4) is 0 Å². The number of aliphatic hydroxyl groups is 1. The van der Waals surface area contributed by atoms with Crippen molar-refractivity contribution in [2.24, 2.45) is 0 Å². The SMILES string of the molecule is CCCCC/C=C\C/C=C\C/C=C\C/C=C\CCCC(=O)OC[C@H](O)COC(=O)CCCCCCCCCCCCCCC. The van der Waals surface area contributed by atoms with Gasteiger partial charge in [0, 0.05) is 12.8 Å². The Labute approximate surface area is 271 Å². The Balaban J connectivity index is 3.55. The van der Waals surface area contributed by atoms with Gasteiger partial charge in [0.1, 0.15) is 19.3 Å². The molecule has 0 heterocycles. The summed E-state index contributed by atoms with van der Waals surface area (Å²) < 4.78 is 10.3. The summed E-state index contributed by atoms with van der Waals surface area (Å²) in [7, 11) is 0. The average molecular weight is 617 g/mol. The molecule has 1 N–H and O–H groups in total. The number of hydrogen-bond acceptors (Lipinski definition) is 5. The van der Waals surface area contributed by atoms with Gasteiger partial charge in [-0.3, -0.25) is 9.59 Å². The fraction of sp³-hybridized carbons (Fsp3) is 0.744. The lowest BCUT2D eigenvalue weighted by atomic mass is 10.0. The van der Waals surface area contributed by atoms with Crippen LogP contribution in [0.1, 0.15) is 168 Å². The molecule has 0 amide bonds. The average Bonchev–Trinajstić information content (AvgIpc) is 3.02. The summed E-state index contributed by atoms with van der Waals surface area (Å²) in [5.41, 5.74) is 0. The maximum absolute atomic E-state index is 11.9. The van der Waals surface area contributed by atoms with Gasteiger partial charge in [-0.1, -0.05) is 152 Å². The van der Waals surface area contributed by atoms with Gasteiger partial charge in [-0.15, -0.1) is 0 Å². The van der Waals surface area contributed by atoms with Crippen LogP contribution in [0.2, 0.25) is 0 Å². The molecule has 0 aliphatic carbocycles. The van der Waals surface area contributed by atoms with E-state index in [0.717, 1.165) is 44.9 Å². The maximum Gasteiger partial charge on any atom is 0.305 e. The predicted octanol–water partition coefficient (Wildman–Crippen LogP) is 11.1. The first kappa shape index (κ1) is 41.9. The van der Waals surface area contributed by atoms with Crippen molar-refractivity contribution in [3.63, 3.8) is 0 Å². The fourth-order valence-corrected chi connectivity index (χ4v) is 4.78. The Hall–Kier alpha value is -2.14. The standard InChI is InChI=1S/C39H68O5/c1-3-5-7-9-11-13-15-17-18-19-20-22-24-26-28-30-32-34-39(42)44-36-37(40)35-43-38(41)33-31-29-27-25-23-21-16-14-12-10-8-6-4-2/h11,13,17-18,20,22,26,28,37,40H,3-10,12,14-16,19,21,23-25,27,29-36H2,1-2H3/b13-11-,18-17-,22-20-,28-26-/t37-/m1/s1. The number of allylic oxidation sites excluding steroid dienone is 8. The zero-order chi connectivity index (χ0) is 32.2. The summed E-state index contributed by atoms with van der Waals surface area (Å²) in [5, 5.41) is 9.97. The molecule has 0 aliphatic rings. The van der Waals surface area contributed by atoms with Crippen molar-refractivity contribution in [3.05, 3.63) is 48.6 Å². The van der Waals surface area contributed by atoms with Crippen molar-refractivity contribution in [1.29, 1.82) is 0 Å². The molecule has 254 valence electrons. The highest BCUT2D eigenvalue weighted by Crippen LogP contribution is 2.13. The van der Waals surface area contributed by atoms with E-state index in [-0.39, 0.29) is 25.2 Å². The van der Waals surface area contributed by atoms with Crippen LogP contribution < -0.4 is 0 Å². The summed E-state index contributed by atoms with van der Waals surface area (Å²) in [6, 6.07) is 0. The van der Waals surface area contributed by atoms with Gasteiger partial charge in [0.2, 0.25) is 0 Å². The van der Waals surface area contributed by atoms with E-state index < -0.39 is 6.10 Å². The van der Waals surface area contributed by atoms with Crippen molar-refractivity contribution in [1.82, 2.24) is 0 Å². The second-order valence-electron chi connectivity index (χ2n) is 12.0. The van der Waals surface area contributed by atoms with E-state index in [2.05, 4.69) is 62.5 Å². The molecule has 1 atom stereocenters. The summed E-state index contributed by atoms with van der Waals surface area (Å²) in [5.74, 6) is -0.629. The quantitative estimate of drug-likeness (QED) is 0.0462. The Kier molecular flexibility index (Phi) is 33.6. The van der Waals surface area contributed by atoms with E-state index in [0.29, 0.717) is 19.3 Å². The Morgan fingerprint density at radius 2 is 0.818 bits per heavy atom. The molecule has 0 saturated heterocycles. The first-order valence-electron chi connectivity index (χ1n) is 18.2. The molecule has 0 aromatic carbocycles. The van der Waals surface area contributed by atoms with Gasteiger partial charge in [0.15, 0.2) is 0 Å². The molecule has 0 spiro atoms. The molecule has 0 aromatic rings. The molecule has 0 bridgehead atoms. The number of ether oxygens (including phenoxy) is 2. The predicted molar refractivity (Wildman–Crippen MR) is 187 cm³/mol. The smallest absolute Gasteiger partial charge is 0.305 e. The highest BCUT2D eigenvalue weighted by Gasteiger charge is 2.11. The first-order chi connectivity index (χ1) is 21.6. The van der Waals surface area contributed by atoms with E-state index in [9.17, 15) is 14.7 Å². The number of aliphatic hydroxyl groups excluding tert-OH is 1. The van der Waals surface area contributed by atoms with Gasteiger partial charge in [0.25, 0.3) is 0 Å². The molecule has 0 unspecified atom stereocenters. The third-order valence-electron chi connectivity index (χ3n) is 7.57. The number of unbranched alkanes of at least 4 members (excludes halogenated alkanes) is 16. The number of carbonyl (C=O) groups excluding carboxylic acids is 2. The Morgan fingerprint density at radius 3 is 1.27 bits per heavy atom. The van der Waals surface area contributed by atoms with Crippen molar-refractivity contribution >= 4 is 11.9 Å². The van der Waals surface area contributed by atoms with E-state index in [4.69, 9.17) is 9.47 Å². The van der Waals surface area contributed by atoms with Crippen LogP contribution in [-0.4, -0.2) is 36.4 Å². The molecule has 44 heavy (non-hydrogen) atoms. The third kappa shape index (κ3) is 34.4. The number of hydrogen-bond donors (Lipinski definition) is 1. The van der Waals surface area contributed by atoms with Gasteiger partial charge >= 0.3 is 11.9 Å². The van der Waals surface area contributed by atoms with Crippen LogP contribution in [0.3, 0.4) is 0 Å². The van der Waals surface area contributed by atoms with Crippen LogP contribution in [-0.2, 0) is 19.1 Å². The summed E-state index contributed by atoms with van der Waals surface area (Å²) in [6.45, 7) is 4.21. The van der Waals surface area contributed by atoms with Crippen LogP contribution in [0.5, 0.6) is 0 Å². The monoisotopic (exact) mass is 617 g/mol. The largest absolute Gasteiger partial charge is 0.463 e. The van der Waals surface area contributed by atoms with Crippen molar-refractivity contribution in [2.75, 3.05) is 13.2 Å². The van der Waals surface area contributed by atoms with Crippen molar-refractivity contribution in [2.45, 2.75) is 174 Å². The Bertz CT molecular complexity index is 752. The number of carbonyl (C=O) groups is 2. The minimum absolute atomic E-state index is 0.132. The molecule has 5 heteroatoms. The second-order valence-corrected chi connectivity index (χ2v) is 12.0. The third-order valence-corrected chi connectivity index (χ3v) is 7.57. The highest BCUT2D eigenvalue weighted by molar-refractivity contribution is 5.69. The molecule has 0 saturated carbocycles. The highest BCUT2D eigenvalue weighted by atomic mass is 16.6. The summed E-state index contributed by atoms with van der Waals surface area (Å²) in [6.07, 6.45) is 43.0. The van der Waals surface area contributed by atoms with E-state index in [1.165, 1.54) is 89.9 Å². The normalized spacial score (nSPS) is 12.7. The lowest BCUT2D eigenvalue weighted by Crippen LogP contribution is -2.25. The molecule has 5 nitrogen and oxygen atoms in total. The van der Waals surface area contributed by atoms with Crippen molar-refractivity contribution < 1.29 is 24.2 Å². The Morgan fingerprint density at radius 1 is 0.477 bits per heavy atom. The van der Waals surface area contributed by atoms with Gasteiger partial charge in [0.05, 0.1) is 0 Å². The number of rotatable bonds is 32. The lowest BCUT2D eigenvalue weighted by Gasteiger charge is -2.12. The zero-order valence-electron chi connectivity index (χ0n) is 28.7. The summed E-state index contributed by atoms with van der Waals surface area (Å²) in [4.78, 5) is 23.8. The molecular weight excluding hydrogens is 548 g/mol. The fourth-order valence-electron chi connectivity index (χ4n) is 4.78. The topological polar surface area (TPSA) is 72.8 Å². The molecular formula is C39H68O5. The molecule has 0 aromatic heterocycles. The second kappa shape index (κ2) is 35.3. The number of esters is 2. The minimum atomic E-state index is -0.983. The van der Waals surface area contributed by atoms with Crippen LogP contribution in [0.4, 0.5) is 0 Å². The molecule has 0 fully saturated rings. The van der Waals surface area contributed by atoms with Crippen LogP contribution in [0.25, 0.3) is 0 Å². The van der Waals surface area contributed by atoms with Crippen LogP contribution in [0.15, 0.2) is 48.6 Å². The van der Waals surface area contributed by atoms with E-state index in [1.807, 2.05) is 0 Å². The van der Waals surface area contributed by atoms with Gasteiger partial charge in [-0.25, -0.2) is 0 Å². The zero-order valence-corrected chi connectivity index (χ0v) is 28.7. The lowest BCUT2D eigenvalue weighted by molar-refractivity contribution is -0.152. The van der Waals surface area contributed by atoms with Gasteiger partial charge in [-0.2, -0.15) is 0 Å². The minimum Gasteiger partial charge on any atom is -0.463 e. The van der Waals surface area contributed by atoms with Gasteiger partial charge in [-0.05, 0) is 51.4 Å². The van der Waals surface area contributed by atoms with E-state index in [1.54, 1.807) is 0 Å². The summed E-state index contributed by atoms with van der Waals surface area (Å²) >= 11 is 0. The molecule has 0 aliphatic heterocycles. The first-order valence-corrected chi connectivity index (χ1v) is 18.2. The molecule has 0 radical (unpaired) electrons.